The second-order valence-electron chi connectivity index (χ2n) is 5.41. The van der Waals surface area contributed by atoms with E-state index in [0.717, 1.165) is 21.5 Å². The van der Waals surface area contributed by atoms with Crippen LogP contribution in [0.5, 0.6) is 0 Å². The first-order valence-electron chi connectivity index (χ1n) is 6.00. The number of methoxy groups -OCH3 is 1. The summed E-state index contributed by atoms with van der Waals surface area (Å²) in [6.07, 6.45) is 0.697. The lowest BCUT2D eigenvalue weighted by atomic mass is 9.87. The summed E-state index contributed by atoms with van der Waals surface area (Å²) in [7, 11) is 1.68. The molecule has 98 valence electrons. The number of rotatable bonds is 3. The molecule has 0 aliphatic carbocycles. The van der Waals surface area contributed by atoms with E-state index in [0.29, 0.717) is 13.0 Å². The van der Waals surface area contributed by atoms with E-state index >= 15 is 0 Å². The van der Waals surface area contributed by atoms with E-state index < -0.39 is 0 Å². The number of aromatic nitrogens is 1. The Labute approximate surface area is 116 Å². The molecule has 2 rings (SSSR count). The van der Waals surface area contributed by atoms with Gasteiger partial charge in [-0.15, -0.1) is 0 Å². The fourth-order valence-corrected chi connectivity index (χ4v) is 2.30. The zero-order chi connectivity index (χ0) is 13.3. The molecule has 0 aliphatic rings. The number of hydrogen-bond acceptors (Lipinski definition) is 3. The molecule has 0 fully saturated rings. The second kappa shape index (κ2) is 5.02. The molecule has 1 heterocycles. The Morgan fingerprint density at radius 2 is 2.06 bits per heavy atom. The van der Waals surface area contributed by atoms with Crippen LogP contribution >= 0.6 is 15.9 Å². The first kappa shape index (κ1) is 13.6. The number of oxazole rings is 1. The van der Waals surface area contributed by atoms with E-state index in [2.05, 4.69) is 53.8 Å². The van der Waals surface area contributed by atoms with Crippen LogP contribution < -0.4 is 0 Å². The monoisotopic (exact) mass is 311 g/mol. The van der Waals surface area contributed by atoms with Gasteiger partial charge in [-0.25, -0.2) is 4.98 Å². The van der Waals surface area contributed by atoms with Gasteiger partial charge in [0.05, 0.1) is 11.1 Å². The van der Waals surface area contributed by atoms with Gasteiger partial charge < -0.3 is 9.15 Å². The largest absolute Gasteiger partial charge is 0.439 e. The highest BCUT2D eigenvalue weighted by Gasteiger charge is 2.18. The summed E-state index contributed by atoms with van der Waals surface area (Å²) in [5.74, 6) is 0.721. The van der Waals surface area contributed by atoms with Crippen molar-refractivity contribution < 1.29 is 9.15 Å². The molecule has 0 aliphatic heterocycles. The van der Waals surface area contributed by atoms with Crippen LogP contribution in [0.15, 0.2) is 21.0 Å². The highest BCUT2D eigenvalue weighted by Crippen LogP contribution is 2.32. The van der Waals surface area contributed by atoms with Gasteiger partial charge in [0, 0.05) is 13.5 Å². The molecule has 0 unspecified atom stereocenters. The van der Waals surface area contributed by atoms with Crippen LogP contribution in [0.2, 0.25) is 0 Å². The van der Waals surface area contributed by atoms with Crippen molar-refractivity contribution in [2.24, 2.45) is 0 Å². The molecule has 0 radical (unpaired) electrons. The molecule has 0 N–H and O–H groups in total. The second-order valence-corrected chi connectivity index (χ2v) is 6.26. The maximum absolute atomic E-state index is 5.73. The molecule has 0 atom stereocenters. The zero-order valence-corrected chi connectivity index (χ0v) is 12.8. The number of nitrogens with zero attached hydrogens (tertiary/aromatic N) is 1. The van der Waals surface area contributed by atoms with Gasteiger partial charge in [-0.05, 0) is 39.0 Å². The molecular weight excluding hydrogens is 294 g/mol. The zero-order valence-electron chi connectivity index (χ0n) is 11.2. The maximum atomic E-state index is 5.73. The van der Waals surface area contributed by atoms with E-state index in [1.807, 2.05) is 0 Å². The minimum absolute atomic E-state index is 0.0996. The molecule has 2 aromatic rings. The van der Waals surface area contributed by atoms with E-state index in [-0.39, 0.29) is 5.41 Å². The molecule has 0 amide bonds. The van der Waals surface area contributed by atoms with Gasteiger partial charge >= 0.3 is 0 Å². The van der Waals surface area contributed by atoms with Crippen molar-refractivity contribution >= 4 is 27.0 Å². The number of benzene rings is 1. The smallest absolute Gasteiger partial charge is 0.197 e. The van der Waals surface area contributed by atoms with Crippen molar-refractivity contribution in [2.45, 2.75) is 32.6 Å². The summed E-state index contributed by atoms with van der Waals surface area (Å²) >= 11 is 3.56. The number of halogens is 1. The van der Waals surface area contributed by atoms with E-state index in [1.165, 1.54) is 5.56 Å². The molecule has 0 saturated heterocycles. The average molecular weight is 312 g/mol. The molecule has 0 saturated carbocycles. The Bertz CT molecular complexity index is 555. The minimum Gasteiger partial charge on any atom is -0.439 e. The summed E-state index contributed by atoms with van der Waals surface area (Å²) < 4.78 is 11.7. The van der Waals surface area contributed by atoms with Crippen molar-refractivity contribution in [3.05, 3.63) is 28.1 Å². The van der Waals surface area contributed by atoms with Gasteiger partial charge in [-0.3, -0.25) is 0 Å². The summed E-state index contributed by atoms with van der Waals surface area (Å²) in [4.78, 5) is 4.51. The van der Waals surface area contributed by atoms with Gasteiger partial charge in [0.2, 0.25) is 0 Å². The van der Waals surface area contributed by atoms with Gasteiger partial charge in [0.1, 0.15) is 5.52 Å². The molecule has 1 aromatic heterocycles. The first-order valence-corrected chi connectivity index (χ1v) is 6.79. The normalized spacial score (nSPS) is 12.3. The number of hydrogen-bond donors (Lipinski definition) is 0. The van der Waals surface area contributed by atoms with Gasteiger partial charge in [-0.1, -0.05) is 20.8 Å². The predicted octanol–water partition coefficient (Wildman–Crippen LogP) is 4.08. The van der Waals surface area contributed by atoms with Crippen LogP contribution in [0, 0.1) is 0 Å². The third kappa shape index (κ3) is 2.75. The molecule has 18 heavy (non-hydrogen) atoms. The molecule has 1 aromatic carbocycles. The van der Waals surface area contributed by atoms with Crippen LogP contribution in [-0.2, 0) is 16.6 Å². The third-order valence-corrected chi connectivity index (χ3v) is 3.46. The lowest BCUT2D eigenvalue weighted by molar-refractivity contribution is 0.196. The van der Waals surface area contributed by atoms with E-state index in [4.69, 9.17) is 9.15 Å². The van der Waals surface area contributed by atoms with Gasteiger partial charge in [0.25, 0.3) is 0 Å². The van der Waals surface area contributed by atoms with Crippen LogP contribution in [0.1, 0.15) is 32.2 Å². The maximum Gasteiger partial charge on any atom is 0.197 e. The summed E-state index contributed by atoms with van der Waals surface area (Å²) in [5.41, 5.74) is 3.06. The standard InChI is InChI=1S/C14H18BrNO2/c1-14(2,3)9-7-10(15)13-11(8-9)16-12(18-13)5-6-17-4/h7-8H,5-6H2,1-4H3. The quantitative estimate of drug-likeness (QED) is 0.857. The molecular formula is C14H18BrNO2. The highest BCUT2D eigenvalue weighted by atomic mass is 79.9. The number of ether oxygens (including phenoxy) is 1. The van der Waals surface area contributed by atoms with Crippen LogP contribution in [0.3, 0.4) is 0 Å². The summed E-state index contributed by atoms with van der Waals surface area (Å²) in [5, 5.41) is 0. The fraction of sp³-hybridized carbons (Fsp3) is 0.500. The molecule has 3 nitrogen and oxygen atoms in total. The Balaban J connectivity index is 2.46. The van der Waals surface area contributed by atoms with Gasteiger partial charge in [-0.2, -0.15) is 0 Å². The lowest BCUT2D eigenvalue weighted by Crippen LogP contribution is -2.10. The number of fused-ring (bicyclic) bond motifs is 1. The summed E-state index contributed by atoms with van der Waals surface area (Å²) in [6, 6.07) is 4.20. The molecule has 0 spiro atoms. The lowest BCUT2D eigenvalue weighted by Gasteiger charge is -2.18. The van der Waals surface area contributed by atoms with Crippen molar-refractivity contribution in [1.82, 2.24) is 4.98 Å². The minimum atomic E-state index is 0.0996. The van der Waals surface area contributed by atoms with Crippen LogP contribution in [0.4, 0.5) is 0 Å². The Kier molecular flexibility index (Phi) is 3.78. The van der Waals surface area contributed by atoms with Crippen molar-refractivity contribution in [3.63, 3.8) is 0 Å². The van der Waals surface area contributed by atoms with Crippen molar-refractivity contribution in [3.8, 4) is 0 Å². The topological polar surface area (TPSA) is 35.3 Å². The van der Waals surface area contributed by atoms with Gasteiger partial charge in [0.15, 0.2) is 11.5 Å². The Morgan fingerprint density at radius 3 is 2.67 bits per heavy atom. The first-order chi connectivity index (χ1) is 8.41. The van der Waals surface area contributed by atoms with E-state index in [1.54, 1.807) is 7.11 Å². The Morgan fingerprint density at radius 1 is 1.33 bits per heavy atom. The Hall–Kier alpha value is -0.870. The molecule has 4 heteroatoms. The third-order valence-electron chi connectivity index (χ3n) is 2.88. The summed E-state index contributed by atoms with van der Waals surface area (Å²) in [6.45, 7) is 7.18. The molecule has 0 bridgehead atoms. The van der Waals surface area contributed by atoms with Crippen LogP contribution in [-0.4, -0.2) is 18.7 Å². The van der Waals surface area contributed by atoms with Crippen LogP contribution in [0.25, 0.3) is 11.1 Å². The van der Waals surface area contributed by atoms with E-state index in [9.17, 15) is 0 Å². The van der Waals surface area contributed by atoms with Crippen molar-refractivity contribution in [2.75, 3.05) is 13.7 Å². The van der Waals surface area contributed by atoms with Crippen molar-refractivity contribution in [1.29, 1.82) is 0 Å². The SMILES string of the molecule is COCCc1nc2cc(C(C)(C)C)cc(Br)c2o1. The highest BCUT2D eigenvalue weighted by molar-refractivity contribution is 9.10. The average Bonchev–Trinajstić information content (AvgIpc) is 2.68. The predicted molar refractivity (Wildman–Crippen MR) is 76.0 cm³/mol. The fourth-order valence-electron chi connectivity index (χ4n) is 1.77.